The summed E-state index contributed by atoms with van der Waals surface area (Å²) in [5.41, 5.74) is 2.37. The number of benzene rings is 1. The predicted molar refractivity (Wildman–Crippen MR) is 75.5 cm³/mol. The van der Waals surface area contributed by atoms with E-state index >= 15 is 0 Å². The van der Waals surface area contributed by atoms with E-state index in [-0.39, 0.29) is 5.91 Å². The van der Waals surface area contributed by atoms with Gasteiger partial charge in [-0.3, -0.25) is 4.79 Å². The lowest BCUT2D eigenvalue weighted by Gasteiger charge is -2.17. The smallest absolute Gasteiger partial charge is 0.261 e. The summed E-state index contributed by atoms with van der Waals surface area (Å²) in [6.45, 7) is 7.02. The summed E-state index contributed by atoms with van der Waals surface area (Å²) in [6, 6.07) is 5.86. The molecule has 0 fully saturated rings. The largest absolute Gasteiger partial charge is 0.481 e. The molecular weight excluding hydrogens is 242 g/mol. The molecule has 1 atom stereocenters. The minimum absolute atomic E-state index is 0.0993. The van der Waals surface area contributed by atoms with Crippen molar-refractivity contribution in [3.63, 3.8) is 0 Å². The molecule has 1 amide bonds. The van der Waals surface area contributed by atoms with Gasteiger partial charge in [-0.25, -0.2) is 0 Å². The maximum atomic E-state index is 11.9. The van der Waals surface area contributed by atoms with Gasteiger partial charge in [0, 0.05) is 13.7 Å². The van der Waals surface area contributed by atoms with Crippen LogP contribution in [0.2, 0.25) is 0 Å². The number of carbonyl (C=O) groups is 1. The van der Waals surface area contributed by atoms with Crippen molar-refractivity contribution in [2.75, 3.05) is 20.3 Å². The Morgan fingerprint density at radius 1 is 1.32 bits per heavy atom. The van der Waals surface area contributed by atoms with Gasteiger partial charge in [-0.1, -0.05) is 13.0 Å². The molecule has 4 heteroatoms. The number of aryl methyl sites for hydroxylation is 2. The Hall–Kier alpha value is -1.55. The van der Waals surface area contributed by atoms with E-state index in [1.807, 2.05) is 39.0 Å². The van der Waals surface area contributed by atoms with Gasteiger partial charge in [0.2, 0.25) is 0 Å². The molecule has 4 nitrogen and oxygen atoms in total. The summed E-state index contributed by atoms with van der Waals surface area (Å²) in [6.07, 6.45) is 0.171. The van der Waals surface area contributed by atoms with E-state index in [4.69, 9.17) is 9.47 Å². The van der Waals surface area contributed by atoms with Crippen LogP contribution >= 0.6 is 0 Å². The molecule has 0 aromatic heterocycles. The first-order valence-corrected chi connectivity index (χ1v) is 6.59. The van der Waals surface area contributed by atoms with Crippen LogP contribution in [0.5, 0.6) is 5.75 Å². The van der Waals surface area contributed by atoms with Crippen LogP contribution < -0.4 is 10.1 Å². The highest BCUT2D eigenvalue weighted by atomic mass is 16.5. The molecule has 0 heterocycles. The Morgan fingerprint density at radius 2 is 2.05 bits per heavy atom. The van der Waals surface area contributed by atoms with Crippen molar-refractivity contribution in [1.82, 2.24) is 5.32 Å². The topological polar surface area (TPSA) is 47.6 Å². The molecule has 19 heavy (non-hydrogen) atoms. The Bertz CT molecular complexity index is 418. The summed E-state index contributed by atoms with van der Waals surface area (Å²) in [5.74, 6) is 0.634. The van der Waals surface area contributed by atoms with Crippen LogP contribution in [-0.2, 0) is 9.53 Å². The molecule has 1 rings (SSSR count). The van der Waals surface area contributed by atoms with Gasteiger partial charge >= 0.3 is 0 Å². The normalized spacial score (nSPS) is 12.0. The van der Waals surface area contributed by atoms with Gasteiger partial charge in [-0.15, -0.1) is 0 Å². The first-order chi connectivity index (χ1) is 9.08. The number of hydrogen-bond acceptors (Lipinski definition) is 3. The lowest BCUT2D eigenvalue weighted by molar-refractivity contribution is -0.128. The number of carbonyl (C=O) groups excluding carboxylic acids is 1. The minimum atomic E-state index is -0.459. The van der Waals surface area contributed by atoms with Gasteiger partial charge in [-0.05, 0) is 43.5 Å². The predicted octanol–water partition coefficient (Wildman–Crippen LogP) is 2.22. The van der Waals surface area contributed by atoms with Gasteiger partial charge in [0.25, 0.3) is 5.91 Å². The lowest BCUT2D eigenvalue weighted by Crippen LogP contribution is -2.39. The van der Waals surface area contributed by atoms with Gasteiger partial charge in [-0.2, -0.15) is 0 Å². The summed E-state index contributed by atoms with van der Waals surface area (Å²) < 4.78 is 10.6. The number of ether oxygens (including phenoxy) is 2. The summed E-state index contributed by atoms with van der Waals surface area (Å²) in [5, 5.41) is 2.79. The SMILES string of the molecule is CC[C@H](Oc1ccc(C)c(C)c1)C(=O)NCCOC. The third-order valence-electron chi connectivity index (χ3n) is 3.03. The Kier molecular flexibility index (Phi) is 6.36. The molecule has 0 aliphatic heterocycles. The highest BCUT2D eigenvalue weighted by Crippen LogP contribution is 2.18. The van der Waals surface area contributed by atoms with E-state index in [1.165, 1.54) is 5.56 Å². The number of amides is 1. The van der Waals surface area contributed by atoms with Gasteiger partial charge in [0.1, 0.15) is 5.75 Å². The van der Waals surface area contributed by atoms with Crippen LogP contribution in [0, 0.1) is 13.8 Å². The molecule has 0 bridgehead atoms. The molecule has 0 aliphatic carbocycles. The molecule has 0 spiro atoms. The molecular formula is C15H23NO3. The summed E-state index contributed by atoms with van der Waals surface area (Å²) in [7, 11) is 1.61. The van der Waals surface area contributed by atoms with Crippen molar-refractivity contribution in [2.24, 2.45) is 0 Å². The van der Waals surface area contributed by atoms with Crippen LogP contribution in [0.4, 0.5) is 0 Å². The fourth-order valence-electron chi connectivity index (χ4n) is 1.66. The fourth-order valence-corrected chi connectivity index (χ4v) is 1.66. The zero-order valence-corrected chi connectivity index (χ0v) is 12.2. The molecule has 0 aliphatic rings. The molecule has 0 unspecified atom stereocenters. The quantitative estimate of drug-likeness (QED) is 0.769. The lowest BCUT2D eigenvalue weighted by atomic mass is 10.1. The van der Waals surface area contributed by atoms with Crippen LogP contribution in [-0.4, -0.2) is 32.3 Å². The number of hydrogen-bond donors (Lipinski definition) is 1. The molecule has 0 radical (unpaired) electrons. The number of rotatable bonds is 7. The zero-order chi connectivity index (χ0) is 14.3. The average Bonchev–Trinajstić information content (AvgIpc) is 2.40. The maximum Gasteiger partial charge on any atom is 0.261 e. The molecule has 1 aromatic carbocycles. The van der Waals surface area contributed by atoms with E-state index in [9.17, 15) is 4.79 Å². The van der Waals surface area contributed by atoms with Crippen molar-refractivity contribution >= 4 is 5.91 Å². The summed E-state index contributed by atoms with van der Waals surface area (Å²) in [4.78, 5) is 11.9. The Labute approximate surface area is 115 Å². The van der Waals surface area contributed by atoms with E-state index in [0.29, 0.717) is 19.6 Å². The van der Waals surface area contributed by atoms with Crippen LogP contribution in [0.1, 0.15) is 24.5 Å². The van der Waals surface area contributed by atoms with Gasteiger partial charge in [0.15, 0.2) is 6.10 Å². The van der Waals surface area contributed by atoms with Crippen molar-refractivity contribution in [1.29, 1.82) is 0 Å². The molecule has 1 N–H and O–H groups in total. The highest BCUT2D eigenvalue weighted by molar-refractivity contribution is 5.81. The third kappa shape index (κ3) is 4.91. The van der Waals surface area contributed by atoms with Crippen molar-refractivity contribution in [3.8, 4) is 5.75 Å². The minimum Gasteiger partial charge on any atom is -0.481 e. The average molecular weight is 265 g/mol. The first kappa shape index (κ1) is 15.5. The third-order valence-corrected chi connectivity index (χ3v) is 3.03. The standard InChI is InChI=1S/C15H23NO3/c1-5-14(15(17)16-8-9-18-4)19-13-7-6-11(2)12(3)10-13/h6-7,10,14H,5,8-9H2,1-4H3,(H,16,17)/t14-/m0/s1. The second kappa shape index (κ2) is 7.79. The second-order valence-corrected chi connectivity index (χ2v) is 4.54. The first-order valence-electron chi connectivity index (χ1n) is 6.59. The van der Waals surface area contributed by atoms with Crippen molar-refractivity contribution in [2.45, 2.75) is 33.3 Å². The highest BCUT2D eigenvalue weighted by Gasteiger charge is 2.17. The molecule has 0 saturated heterocycles. The monoisotopic (exact) mass is 265 g/mol. The Morgan fingerprint density at radius 3 is 2.63 bits per heavy atom. The van der Waals surface area contributed by atoms with Gasteiger partial charge in [0.05, 0.1) is 6.61 Å². The fraction of sp³-hybridized carbons (Fsp3) is 0.533. The molecule has 0 saturated carbocycles. The maximum absolute atomic E-state index is 11.9. The zero-order valence-electron chi connectivity index (χ0n) is 12.2. The van der Waals surface area contributed by atoms with E-state index in [1.54, 1.807) is 7.11 Å². The van der Waals surface area contributed by atoms with Crippen molar-refractivity contribution in [3.05, 3.63) is 29.3 Å². The second-order valence-electron chi connectivity index (χ2n) is 4.54. The van der Waals surface area contributed by atoms with Crippen LogP contribution in [0.15, 0.2) is 18.2 Å². The van der Waals surface area contributed by atoms with E-state index in [0.717, 1.165) is 11.3 Å². The Balaban J connectivity index is 2.60. The van der Waals surface area contributed by atoms with Gasteiger partial charge < -0.3 is 14.8 Å². The molecule has 106 valence electrons. The molecule has 1 aromatic rings. The number of methoxy groups -OCH3 is 1. The van der Waals surface area contributed by atoms with Crippen LogP contribution in [0.25, 0.3) is 0 Å². The van der Waals surface area contributed by atoms with Crippen molar-refractivity contribution < 1.29 is 14.3 Å². The summed E-state index contributed by atoms with van der Waals surface area (Å²) >= 11 is 0. The van der Waals surface area contributed by atoms with Crippen LogP contribution in [0.3, 0.4) is 0 Å². The van der Waals surface area contributed by atoms with E-state index < -0.39 is 6.10 Å². The number of nitrogens with one attached hydrogen (secondary N) is 1. The van der Waals surface area contributed by atoms with E-state index in [2.05, 4.69) is 5.32 Å².